The highest BCUT2D eigenvalue weighted by atomic mass is 14.0. The van der Waals surface area contributed by atoms with E-state index in [-0.39, 0.29) is 0 Å². The van der Waals surface area contributed by atoms with Crippen molar-refractivity contribution in [1.29, 1.82) is 0 Å². The maximum absolute atomic E-state index is 2.14. The van der Waals surface area contributed by atoms with E-state index in [4.69, 9.17) is 0 Å². The molecule has 0 fully saturated rings. The third-order valence-corrected chi connectivity index (χ3v) is 3.47. The van der Waals surface area contributed by atoms with Crippen LogP contribution < -0.4 is 0 Å². The van der Waals surface area contributed by atoms with Crippen LogP contribution in [-0.2, 0) is 0 Å². The van der Waals surface area contributed by atoms with Crippen molar-refractivity contribution < 1.29 is 0 Å². The Bertz CT molecular complexity index is 680. The molecule has 3 aromatic carbocycles. The second-order valence-corrected chi connectivity index (χ2v) is 5.15. The van der Waals surface area contributed by atoms with Crippen molar-refractivity contribution in [2.45, 2.75) is 0 Å². The fourth-order valence-corrected chi connectivity index (χ4v) is 2.23. The summed E-state index contributed by atoms with van der Waals surface area (Å²) in [4.78, 5) is 0. The molecule has 0 heteroatoms. The average Bonchev–Trinajstić information content (AvgIpc) is 2.61. The fourth-order valence-electron chi connectivity index (χ4n) is 2.23. The van der Waals surface area contributed by atoms with Crippen LogP contribution in [0.1, 0.15) is 22.3 Å². The zero-order chi connectivity index (χ0) is 15.0. The van der Waals surface area contributed by atoms with Crippen molar-refractivity contribution in [3.8, 4) is 0 Å². The molecule has 0 radical (unpaired) electrons. The van der Waals surface area contributed by atoms with E-state index in [1.54, 1.807) is 0 Å². The molecule has 0 heterocycles. The summed E-state index contributed by atoms with van der Waals surface area (Å²) in [5.41, 5.74) is 4.85. The van der Waals surface area contributed by atoms with Gasteiger partial charge in [-0.25, -0.2) is 0 Å². The molecule has 3 rings (SSSR count). The Morgan fingerprint density at radius 2 is 0.591 bits per heavy atom. The summed E-state index contributed by atoms with van der Waals surface area (Å²) in [6, 6.07) is 29.3. The summed E-state index contributed by atoms with van der Waals surface area (Å²) in [5, 5.41) is 0. The normalized spacial score (nSPS) is 11.3. The molecule has 0 aliphatic rings. The molecule has 0 saturated heterocycles. The molecule has 22 heavy (non-hydrogen) atoms. The van der Waals surface area contributed by atoms with Gasteiger partial charge in [-0.3, -0.25) is 0 Å². The largest absolute Gasteiger partial charge is 0.0622 e. The molecule has 106 valence electrons. The van der Waals surface area contributed by atoms with Crippen LogP contribution in [0.15, 0.2) is 84.9 Å². The molecular weight excluding hydrogens is 264 g/mol. The van der Waals surface area contributed by atoms with Gasteiger partial charge in [0.1, 0.15) is 0 Å². The second kappa shape index (κ2) is 7.24. The van der Waals surface area contributed by atoms with Crippen LogP contribution in [0.25, 0.3) is 24.3 Å². The third-order valence-electron chi connectivity index (χ3n) is 3.47. The van der Waals surface area contributed by atoms with Crippen molar-refractivity contribution in [1.82, 2.24) is 0 Å². The van der Waals surface area contributed by atoms with E-state index in [1.807, 2.05) is 12.1 Å². The van der Waals surface area contributed by atoms with Gasteiger partial charge in [0, 0.05) is 0 Å². The first kappa shape index (κ1) is 14.1. The molecule has 0 aromatic heterocycles. The Morgan fingerprint density at radius 3 is 0.909 bits per heavy atom. The van der Waals surface area contributed by atoms with Crippen molar-refractivity contribution >= 4 is 24.3 Å². The molecule has 0 amide bonds. The van der Waals surface area contributed by atoms with Crippen LogP contribution in [0.3, 0.4) is 0 Å². The predicted octanol–water partition coefficient (Wildman–Crippen LogP) is 6.03. The highest BCUT2D eigenvalue weighted by molar-refractivity contribution is 5.72. The summed E-state index contributed by atoms with van der Waals surface area (Å²) < 4.78 is 0. The van der Waals surface area contributed by atoms with Gasteiger partial charge in [-0.2, -0.15) is 0 Å². The Labute approximate surface area is 132 Å². The van der Waals surface area contributed by atoms with Crippen molar-refractivity contribution in [3.05, 3.63) is 107 Å². The summed E-state index contributed by atoms with van der Waals surface area (Å²) in [6.07, 6.45) is 8.55. The molecule has 0 bridgehead atoms. The van der Waals surface area contributed by atoms with Gasteiger partial charge in [-0.05, 0) is 22.3 Å². The first-order valence-electron chi connectivity index (χ1n) is 7.46. The zero-order valence-electron chi connectivity index (χ0n) is 12.4. The van der Waals surface area contributed by atoms with E-state index in [9.17, 15) is 0 Å². The quantitative estimate of drug-likeness (QED) is 0.513. The summed E-state index contributed by atoms with van der Waals surface area (Å²) in [6.45, 7) is 0. The SMILES string of the molecule is C(=Cc1ccc(/C=C\c2ccccc2)cc1)c1ccccc1. The predicted molar refractivity (Wildman–Crippen MR) is 97.2 cm³/mol. The maximum Gasteiger partial charge on any atom is -0.0256 e. The van der Waals surface area contributed by atoms with E-state index in [1.165, 1.54) is 22.3 Å². The van der Waals surface area contributed by atoms with Gasteiger partial charge in [0.2, 0.25) is 0 Å². The van der Waals surface area contributed by atoms with Crippen LogP contribution in [0, 0.1) is 0 Å². The second-order valence-electron chi connectivity index (χ2n) is 5.15. The van der Waals surface area contributed by atoms with E-state index >= 15 is 0 Å². The van der Waals surface area contributed by atoms with E-state index in [2.05, 4.69) is 97.1 Å². The molecular formula is C22H18. The molecule has 3 aromatic rings. The summed E-state index contributed by atoms with van der Waals surface area (Å²) >= 11 is 0. The molecule has 0 unspecified atom stereocenters. The summed E-state index contributed by atoms with van der Waals surface area (Å²) in [7, 11) is 0. The van der Waals surface area contributed by atoms with Gasteiger partial charge in [0.05, 0.1) is 0 Å². The van der Waals surface area contributed by atoms with Gasteiger partial charge >= 0.3 is 0 Å². The lowest BCUT2D eigenvalue weighted by Crippen LogP contribution is -1.75. The Kier molecular flexibility index (Phi) is 4.63. The van der Waals surface area contributed by atoms with Crippen LogP contribution in [0.5, 0.6) is 0 Å². The molecule has 0 spiro atoms. The Balaban J connectivity index is 1.68. The van der Waals surface area contributed by atoms with E-state index in [0.717, 1.165) is 0 Å². The number of hydrogen-bond donors (Lipinski definition) is 0. The first-order valence-corrected chi connectivity index (χ1v) is 7.46. The highest BCUT2D eigenvalue weighted by Gasteiger charge is 1.90. The number of benzene rings is 3. The topological polar surface area (TPSA) is 0 Å². The lowest BCUT2D eigenvalue weighted by molar-refractivity contribution is 1.61. The minimum atomic E-state index is 1.21. The van der Waals surface area contributed by atoms with Gasteiger partial charge in [-0.15, -0.1) is 0 Å². The smallest absolute Gasteiger partial charge is 0.0256 e. The summed E-state index contributed by atoms with van der Waals surface area (Å²) in [5.74, 6) is 0. The monoisotopic (exact) mass is 282 g/mol. The zero-order valence-corrected chi connectivity index (χ0v) is 12.4. The fraction of sp³-hybridized carbons (Fsp3) is 0. The van der Waals surface area contributed by atoms with Crippen molar-refractivity contribution in [3.63, 3.8) is 0 Å². The van der Waals surface area contributed by atoms with Gasteiger partial charge < -0.3 is 0 Å². The molecule has 0 atom stereocenters. The van der Waals surface area contributed by atoms with Crippen LogP contribution in [0.4, 0.5) is 0 Å². The third kappa shape index (κ3) is 4.07. The average molecular weight is 282 g/mol. The maximum atomic E-state index is 2.14. The van der Waals surface area contributed by atoms with Gasteiger partial charge in [0.15, 0.2) is 0 Å². The molecule has 0 nitrogen and oxygen atoms in total. The minimum absolute atomic E-state index is 1.21. The first-order chi connectivity index (χ1) is 10.9. The van der Waals surface area contributed by atoms with Gasteiger partial charge in [-0.1, -0.05) is 109 Å². The Morgan fingerprint density at radius 1 is 0.318 bits per heavy atom. The lowest BCUT2D eigenvalue weighted by Gasteiger charge is -1.97. The van der Waals surface area contributed by atoms with E-state index in [0.29, 0.717) is 0 Å². The standard InChI is InChI=1S/C22H18/c1-3-7-19(8-4-1)11-13-21-15-17-22(18-16-21)14-12-20-9-5-2-6-10-20/h1-18H/b13-11-,14-12?. The molecule has 0 N–H and O–H groups in total. The number of rotatable bonds is 4. The molecule has 0 aliphatic carbocycles. The highest BCUT2D eigenvalue weighted by Crippen LogP contribution is 2.12. The lowest BCUT2D eigenvalue weighted by atomic mass is 10.1. The molecule has 0 aliphatic heterocycles. The van der Waals surface area contributed by atoms with Crippen LogP contribution in [-0.4, -0.2) is 0 Å². The van der Waals surface area contributed by atoms with E-state index < -0.39 is 0 Å². The molecule has 0 saturated carbocycles. The minimum Gasteiger partial charge on any atom is -0.0622 e. The Hall–Kier alpha value is -2.86. The van der Waals surface area contributed by atoms with Crippen LogP contribution >= 0.6 is 0 Å². The van der Waals surface area contributed by atoms with Crippen LogP contribution in [0.2, 0.25) is 0 Å². The van der Waals surface area contributed by atoms with Crippen molar-refractivity contribution in [2.75, 3.05) is 0 Å². The number of hydrogen-bond acceptors (Lipinski definition) is 0. The van der Waals surface area contributed by atoms with Gasteiger partial charge in [0.25, 0.3) is 0 Å². The van der Waals surface area contributed by atoms with Crippen molar-refractivity contribution in [2.24, 2.45) is 0 Å².